The third kappa shape index (κ3) is 3.34. The number of pyridine rings is 1. The number of rotatable bonds is 2. The maximum absolute atomic E-state index is 12.9. The van der Waals surface area contributed by atoms with Gasteiger partial charge in [0, 0.05) is 16.4 Å². The maximum atomic E-state index is 12.9. The number of aromatic nitrogens is 1. The SMILES string of the molecule is Nc1ccc(Oc2ncc(Br)cc2C(F)(F)F)c(Cl)c1. The number of alkyl halides is 3. The molecule has 0 spiro atoms. The van der Waals surface area contributed by atoms with Crippen molar-refractivity contribution < 1.29 is 17.9 Å². The molecule has 0 fully saturated rings. The predicted molar refractivity (Wildman–Crippen MR) is 72.9 cm³/mol. The quantitative estimate of drug-likeness (QED) is 0.769. The lowest BCUT2D eigenvalue weighted by Gasteiger charge is -2.13. The highest BCUT2D eigenvalue weighted by molar-refractivity contribution is 9.10. The van der Waals surface area contributed by atoms with Crippen LogP contribution in [0.25, 0.3) is 0 Å². The summed E-state index contributed by atoms with van der Waals surface area (Å²) in [6, 6.07) is 5.10. The van der Waals surface area contributed by atoms with Gasteiger partial charge in [0.25, 0.3) is 0 Å². The Morgan fingerprint density at radius 2 is 1.95 bits per heavy atom. The normalized spacial score (nSPS) is 11.4. The Balaban J connectivity index is 2.43. The molecule has 2 aromatic rings. The van der Waals surface area contributed by atoms with Gasteiger partial charge in [0.05, 0.1) is 5.02 Å². The maximum Gasteiger partial charge on any atom is 0.421 e. The number of nitrogens with zero attached hydrogens (tertiary/aromatic N) is 1. The Bertz CT molecular complexity index is 649. The van der Waals surface area contributed by atoms with E-state index in [1.54, 1.807) is 0 Å². The topological polar surface area (TPSA) is 48.1 Å². The summed E-state index contributed by atoms with van der Waals surface area (Å²) in [7, 11) is 0. The molecule has 106 valence electrons. The largest absolute Gasteiger partial charge is 0.437 e. The third-order valence-electron chi connectivity index (χ3n) is 2.29. The zero-order valence-electron chi connectivity index (χ0n) is 9.71. The minimum atomic E-state index is -4.59. The Labute approximate surface area is 125 Å². The Morgan fingerprint density at radius 3 is 2.55 bits per heavy atom. The molecule has 0 aliphatic heterocycles. The molecule has 8 heteroatoms. The van der Waals surface area contributed by atoms with Crippen molar-refractivity contribution in [2.24, 2.45) is 0 Å². The molecular formula is C12H7BrClF3N2O. The van der Waals surface area contributed by atoms with E-state index in [-0.39, 0.29) is 15.2 Å². The van der Waals surface area contributed by atoms with Gasteiger partial charge in [-0.2, -0.15) is 13.2 Å². The van der Waals surface area contributed by atoms with Crippen LogP contribution in [0.5, 0.6) is 11.6 Å². The van der Waals surface area contributed by atoms with Gasteiger partial charge in [-0.3, -0.25) is 0 Å². The summed E-state index contributed by atoms with van der Waals surface area (Å²) in [6.45, 7) is 0. The summed E-state index contributed by atoms with van der Waals surface area (Å²) >= 11 is 8.79. The van der Waals surface area contributed by atoms with Crippen molar-refractivity contribution >= 4 is 33.2 Å². The summed E-state index contributed by atoms with van der Waals surface area (Å²) in [5, 5.41) is 0.0999. The second-order valence-electron chi connectivity index (χ2n) is 3.80. The zero-order chi connectivity index (χ0) is 14.9. The van der Waals surface area contributed by atoms with Crippen molar-refractivity contribution in [1.29, 1.82) is 0 Å². The Kier molecular flexibility index (Phi) is 4.10. The molecule has 0 saturated carbocycles. The number of halogens is 5. The summed E-state index contributed by atoms with van der Waals surface area (Å²) in [6.07, 6.45) is -3.39. The van der Waals surface area contributed by atoms with E-state index in [0.29, 0.717) is 5.69 Å². The molecule has 0 unspecified atom stereocenters. The fourth-order valence-corrected chi connectivity index (χ4v) is 1.97. The van der Waals surface area contributed by atoms with Gasteiger partial charge in [-0.25, -0.2) is 4.98 Å². The molecule has 0 aliphatic carbocycles. The molecule has 1 aromatic heterocycles. The smallest absolute Gasteiger partial charge is 0.421 e. The molecule has 0 bridgehead atoms. The number of hydrogen-bond donors (Lipinski definition) is 1. The molecule has 0 aliphatic rings. The minimum Gasteiger partial charge on any atom is -0.437 e. The van der Waals surface area contributed by atoms with E-state index in [4.69, 9.17) is 22.1 Å². The number of hydrogen-bond acceptors (Lipinski definition) is 3. The fourth-order valence-electron chi connectivity index (χ4n) is 1.42. The lowest BCUT2D eigenvalue weighted by Crippen LogP contribution is -2.08. The van der Waals surface area contributed by atoms with Crippen LogP contribution in [0.3, 0.4) is 0 Å². The first kappa shape index (κ1) is 14.9. The Morgan fingerprint density at radius 1 is 1.25 bits per heavy atom. The monoisotopic (exact) mass is 366 g/mol. The average molecular weight is 368 g/mol. The van der Waals surface area contributed by atoms with Gasteiger partial charge in [-0.1, -0.05) is 11.6 Å². The van der Waals surface area contributed by atoms with E-state index in [1.807, 2.05) is 0 Å². The zero-order valence-corrected chi connectivity index (χ0v) is 12.1. The lowest BCUT2D eigenvalue weighted by atomic mass is 10.2. The van der Waals surface area contributed by atoms with Gasteiger partial charge in [0.1, 0.15) is 11.3 Å². The third-order valence-corrected chi connectivity index (χ3v) is 3.01. The minimum absolute atomic E-state index is 0.0428. The van der Waals surface area contributed by atoms with E-state index in [2.05, 4.69) is 20.9 Å². The highest BCUT2D eigenvalue weighted by Gasteiger charge is 2.36. The van der Waals surface area contributed by atoms with E-state index in [9.17, 15) is 13.2 Å². The van der Waals surface area contributed by atoms with E-state index >= 15 is 0 Å². The van der Waals surface area contributed by atoms with Crippen molar-refractivity contribution in [2.45, 2.75) is 6.18 Å². The molecule has 0 radical (unpaired) electrons. The highest BCUT2D eigenvalue weighted by Crippen LogP contribution is 2.39. The first-order chi connectivity index (χ1) is 9.27. The van der Waals surface area contributed by atoms with Crippen LogP contribution in [0.1, 0.15) is 5.56 Å². The van der Waals surface area contributed by atoms with E-state index in [0.717, 1.165) is 6.07 Å². The molecule has 1 heterocycles. The van der Waals surface area contributed by atoms with Crippen LogP contribution in [0.15, 0.2) is 34.9 Å². The van der Waals surface area contributed by atoms with E-state index < -0.39 is 17.6 Å². The molecule has 2 N–H and O–H groups in total. The molecule has 3 nitrogen and oxygen atoms in total. The lowest BCUT2D eigenvalue weighted by molar-refractivity contribution is -0.138. The number of ether oxygens (including phenoxy) is 1. The fraction of sp³-hybridized carbons (Fsp3) is 0.0833. The van der Waals surface area contributed by atoms with Gasteiger partial charge in [0.2, 0.25) is 5.88 Å². The highest BCUT2D eigenvalue weighted by atomic mass is 79.9. The summed E-state index contributed by atoms with van der Waals surface area (Å²) in [5.74, 6) is -0.534. The molecule has 20 heavy (non-hydrogen) atoms. The number of nitrogen functional groups attached to an aromatic ring is 1. The summed E-state index contributed by atoms with van der Waals surface area (Å²) < 4.78 is 44.0. The van der Waals surface area contributed by atoms with Gasteiger partial charge >= 0.3 is 6.18 Å². The molecule has 0 saturated heterocycles. The number of benzene rings is 1. The second kappa shape index (κ2) is 5.49. The average Bonchev–Trinajstić information content (AvgIpc) is 2.33. The van der Waals surface area contributed by atoms with Crippen LogP contribution in [-0.4, -0.2) is 4.98 Å². The van der Waals surface area contributed by atoms with Gasteiger partial charge in [0.15, 0.2) is 0 Å². The van der Waals surface area contributed by atoms with Gasteiger partial charge in [-0.15, -0.1) is 0 Å². The van der Waals surface area contributed by atoms with Crippen LogP contribution in [-0.2, 0) is 6.18 Å². The standard InChI is InChI=1S/C12H7BrClF3N2O/c13-6-3-8(12(15,16)17)11(19-5-6)20-10-2-1-7(18)4-9(10)14/h1-5H,18H2. The molecule has 1 aromatic carbocycles. The molecule has 2 rings (SSSR count). The van der Waals surface area contributed by atoms with Crippen LogP contribution in [0.2, 0.25) is 5.02 Å². The van der Waals surface area contributed by atoms with Crippen LogP contribution >= 0.6 is 27.5 Å². The number of nitrogens with two attached hydrogens (primary N) is 1. The van der Waals surface area contributed by atoms with Crippen LogP contribution in [0, 0.1) is 0 Å². The van der Waals surface area contributed by atoms with E-state index in [1.165, 1.54) is 24.4 Å². The first-order valence-electron chi connectivity index (χ1n) is 5.23. The molecular weight excluding hydrogens is 360 g/mol. The van der Waals surface area contributed by atoms with Crippen molar-refractivity contribution in [3.63, 3.8) is 0 Å². The number of anilines is 1. The van der Waals surface area contributed by atoms with Crippen molar-refractivity contribution in [2.75, 3.05) is 5.73 Å². The molecule has 0 amide bonds. The predicted octanol–water partition coefficient (Wildman–Crippen LogP) is 4.89. The summed E-state index contributed by atoms with van der Waals surface area (Å²) in [4.78, 5) is 3.62. The second-order valence-corrected chi connectivity index (χ2v) is 5.12. The molecule has 0 atom stereocenters. The van der Waals surface area contributed by atoms with Crippen LogP contribution in [0.4, 0.5) is 18.9 Å². The summed E-state index contributed by atoms with van der Waals surface area (Å²) in [5.41, 5.74) is 4.87. The first-order valence-corrected chi connectivity index (χ1v) is 6.40. The van der Waals surface area contributed by atoms with Gasteiger partial charge in [-0.05, 0) is 40.2 Å². The van der Waals surface area contributed by atoms with Crippen molar-refractivity contribution in [3.8, 4) is 11.6 Å². The Hall–Kier alpha value is -1.47. The van der Waals surface area contributed by atoms with Gasteiger partial charge < -0.3 is 10.5 Å². The van der Waals surface area contributed by atoms with Crippen molar-refractivity contribution in [1.82, 2.24) is 4.98 Å². The van der Waals surface area contributed by atoms with Crippen LogP contribution < -0.4 is 10.5 Å². The van der Waals surface area contributed by atoms with Crippen molar-refractivity contribution in [3.05, 3.63) is 45.5 Å².